The first kappa shape index (κ1) is 25.9. The molecule has 2 saturated heterocycles. The minimum Gasteiger partial charge on any atom is -0.464 e. The standard InChI is InChI=1S/C28H25F3N4O5/c1-39-26(38)34-15-27(16-34)24(36)35(14-17-8-10-33(13-17)25(37)28(29,30)31)23(32-27)19-4-2-18(3-5-19)20-6-7-22-21(12-20)9-11-40-22/h2-7,9,11-12,17H,8,10,13-16H2,1H3. The highest BCUT2D eigenvalue weighted by atomic mass is 19.4. The molecule has 2 aromatic carbocycles. The number of hydrogen-bond donors (Lipinski definition) is 0. The lowest BCUT2D eigenvalue weighted by molar-refractivity contribution is -0.184. The van der Waals surface area contributed by atoms with Gasteiger partial charge in [0, 0.05) is 30.6 Å². The molecule has 1 unspecified atom stereocenters. The first-order valence-corrected chi connectivity index (χ1v) is 12.8. The third-order valence-corrected chi connectivity index (χ3v) is 7.74. The minimum atomic E-state index is -4.94. The molecular formula is C28H25F3N4O5. The van der Waals surface area contributed by atoms with E-state index in [1.165, 1.54) is 16.9 Å². The Morgan fingerprint density at radius 3 is 2.45 bits per heavy atom. The first-order chi connectivity index (χ1) is 19.1. The number of fused-ring (bicyclic) bond motifs is 1. The van der Waals surface area contributed by atoms with Crippen LogP contribution >= 0.6 is 0 Å². The molecule has 1 atom stereocenters. The van der Waals surface area contributed by atoms with Crippen molar-refractivity contribution in [1.82, 2.24) is 14.7 Å². The molecule has 0 saturated carbocycles. The van der Waals surface area contributed by atoms with E-state index in [9.17, 15) is 27.6 Å². The van der Waals surface area contributed by atoms with Gasteiger partial charge in [0.1, 0.15) is 11.4 Å². The molecule has 3 aliphatic rings. The molecule has 3 aromatic rings. The number of furan rings is 1. The molecule has 0 N–H and O–H groups in total. The van der Waals surface area contributed by atoms with Gasteiger partial charge in [0.05, 0.1) is 26.5 Å². The van der Waals surface area contributed by atoms with Crippen LogP contribution in [0.3, 0.4) is 0 Å². The van der Waals surface area contributed by atoms with Crippen LogP contribution in [0, 0.1) is 5.92 Å². The summed E-state index contributed by atoms with van der Waals surface area (Å²) < 4.78 is 49.0. The summed E-state index contributed by atoms with van der Waals surface area (Å²) in [5.41, 5.74) is 2.19. The van der Waals surface area contributed by atoms with Crippen molar-refractivity contribution >= 4 is 34.7 Å². The van der Waals surface area contributed by atoms with Gasteiger partial charge in [-0.05, 0) is 41.7 Å². The van der Waals surface area contributed by atoms with Crippen molar-refractivity contribution < 1.29 is 36.7 Å². The van der Waals surface area contributed by atoms with E-state index in [0.29, 0.717) is 17.8 Å². The number of hydrogen-bond acceptors (Lipinski definition) is 6. The fraction of sp³-hybridized carbons (Fsp3) is 0.357. The number of likely N-dealkylation sites (tertiary alicyclic amines) is 2. The molecule has 1 spiro atoms. The number of ether oxygens (including phenoxy) is 1. The number of amidine groups is 1. The second-order valence-electron chi connectivity index (χ2n) is 10.4. The maximum Gasteiger partial charge on any atom is 0.471 e. The molecule has 0 radical (unpaired) electrons. The van der Waals surface area contributed by atoms with Gasteiger partial charge in [-0.3, -0.25) is 14.5 Å². The van der Waals surface area contributed by atoms with E-state index in [1.807, 2.05) is 48.5 Å². The van der Waals surface area contributed by atoms with Crippen LogP contribution in [0.2, 0.25) is 0 Å². The number of carbonyl (C=O) groups excluding carboxylic acids is 3. The zero-order chi connectivity index (χ0) is 28.2. The predicted octanol–water partition coefficient (Wildman–Crippen LogP) is 3.92. The van der Waals surface area contributed by atoms with Gasteiger partial charge < -0.3 is 19.0 Å². The van der Waals surface area contributed by atoms with Crippen molar-refractivity contribution in [2.75, 3.05) is 39.8 Å². The minimum absolute atomic E-state index is 0.0333. The summed E-state index contributed by atoms with van der Waals surface area (Å²) in [6, 6.07) is 15.2. The lowest BCUT2D eigenvalue weighted by Gasteiger charge is -2.43. The van der Waals surface area contributed by atoms with Gasteiger partial charge in [-0.1, -0.05) is 30.3 Å². The molecule has 3 amide bonds. The Balaban J connectivity index is 1.26. The van der Waals surface area contributed by atoms with E-state index >= 15 is 0 Å². The molecule has 2 fully saturated rings. The van der Waals surface area contributed by atoms with Crippen LogP contribution in [0.25, 0.3) is 22.1 Å². The van der Waals surface area contributed by atoms with Crippen LogP contribution in [-0.2, 0) is 14.3 Å². The summed E-state index contributed by atoms with van der Waals surface area (Å²) in [4.78, 5) is 45.8. The number of alkyl halides is 3. The van der Waals surface area contributed by atoms with Crippen molar-refractivity contribution in [1.29, 1.82) is 0 Å². The smallest absolute Gasteiger partial charge is 0.464 e. The maximum atomic E-state index is 13.7. The van der Waals surface area contributed by atoms with E-state index in [0.717, 1.165) is 27.0 Å². The van der Waals surface area contributed by atoms with Crippen molar-refractivity contribution in [2.24, 2.45) is 10.9 Å². The Kier molecular flexibility index (Phi) is 6.08. The fourth-order valence-electron chi connectivity index (χ4n) is 5.66. The number of rotatable bonds is 4. The number of methoxy groups -OCH3 is 1. The number of halogens is 3. The van der Waals surface area contributed by atoms with E-state index in [2.05, 4.69) is 0 Å². The van der Waals surface area contributed by atoms with E-state index in [4.69, 9.17) is 14.1 Å². The molecule has 0 bridgehead atoms. The molecule has 208 valence electrons. The molecule has 12 heteroatoms. The highest BCUT2D eigenvalue weighted by Gasteiger charge is 2.58. The molecular weight excluding hydrogens is 529 g/mol. The highest BCUT2D eigenvalue weighted by molar-refractivity contribution is 6.16. The number of amides is 3. The molecule has 3 aliphatic heterocycles. The first-order valence-electron chi connectivity index (χ1n) is 12.8. The second kappa shape index (κ2) is 9.39. The summed E-state index contributed by atoms with van der Waals surface area (Å²) in [6.45, 7) is 0.0636. The number of aliphatic imine (C=N–C) groups is 1. The predicted molar refractivity (Wildman–Crippen MR) is 137 cm³/mol. The summed E-state index contributed by atoms with van der Waals surface area (Å²) in [7, 11) is 1.25. The second-order valence-corrected chi connectivity index (χ2v) is 10.4. The molecule has 4 heterocycles. The Hall–Kier alpha value is -4.35. The quantitative estimate of drug-likeness (QED) is 0.487. The molecule has 0 aliphatic carbocycles. The summed E-state index contributed by atoms with van der Waals surface area (Å²) >= 11 is 0. The SMILES string of the molecule is COC(=O)N1CC2(C1)N=C(c1ccc(-c3ccc4occc4c3)cc1)N(CC1CCN(C(=O)C(F)(F)F)C1)C2=O. The Morgan fingerprint density at radius 1 is 1.05 bits per heavy atom. The van der Waals surface area contributed by atoms with E-state index < -0.39 is 23.7 Å². The summed E-state index contributed by atoms with van der Waals surface area (Å²) in [6.07, 6.45) is -3.55. The maximum absolute atomic E-state index is 13.7. The Morgan fingerprint density at radius 2 is 1.75 bits per heavy atom. The average molecular weight is 555 g/mol. The zero-order valence-corrected chi connectivity index (χ0v) is 21.5. The van der Waals surface area contributed by atoms with Gasteiger partial charge in [-0.2, -0.15) is 13.2 Å². The van der Waals surface area contributed by atoms with Gasteiger partial charge in [-0.25, -0.2) is 9.79 Å². The van der Waals surface area contributed by atoms with Gasteiger partial charge in [0.2, 0.25) is 0 Å². The van der Waals surface area contributed by atoms with Gasteiger partial charge in [-0.15, -0.1) is 0 Å². The Labute approximate surface area is 226 Å². The van der Waals surface area contributed by atoms with Crippen LogP contribution in [-0.4, -0.2) is 90.0 Å². The van der Waals surface area contributed by atoms with Crippen molar-refractivity contribution in [3.8, 4) is 11.1 Å². The zero-order valence-electron chi connectivity index (χ0n) is 21.5. The van der Waals surface area contributed by atoms with Crippen molar-refractivity contribution in [3.63, 3.8) is 0 Å². The third kappa shape index (κ3) is 4.37. The number of carbonyl (C=O) groups is 3. The largest absolute Gasteiger partial charge is 0.471 e. The monoisotopic (exact) mass is 554 g/mol. The van der Waals surface area contributed by atoms with Gasteiger partial charge >= 0.3 is 18.2 Å². The fourth-order valence-corrected chi connectivity index (χ4v) is 5.66. The normalized spacial score (nSPS) is 20.3. The third-order valence-electron chi connectivity index (χ3n) is 7.74. The average Bonchev–Trinajstić information content (AvgIpc) is 3.65. The summed E-state index contributed by atoms with van der Waals surface area (Å²) in [5, 5.41) is 0.968. The van der Waals surface area contributed by atoms with Crippen LogP contribution in [0.5, 0.6) is 0 Å². The molecule has 6 rings (SSSR count). The molecule has 1 aromatic heterocycles. The van der Waals surface area contributed by atoms with Crippen molar-refractivity contribution in [3.05, 3.63) is 60.4 Å². The molecule has 9 nitrogen and oxygen atoms in total. The van der Waals surface area contributed by atoms with Crippen LogP contribution in [0.15, 0.2) is 64.2 Å². The topological polar surface area (TPSA) is 95.7 Å². The lowest BCUT2D eigenvalue weighted by Crippen LogP contribution is -2.66. The van der Waals surface area contributed by atoms with Crippen LogP contribution < -0.4 is 0 Å². The molecule has 40 heavy (non-hydrogen) atoms. The highest BCUT2D eigenvalue weighted by Crippen LogP contribution is 2.36. The Bertz CT molecular complexity index is 1520. The van der Waals surface area contributed by atoms with Gasteiger partial charge in [0.15, 0.2) is 5.54 Å². The number of nitrogens with zero attached hydrogens (tertiary/aromatic N) is 4. The summed E-state index contributed by atoms with van der Waals surface area (Å²) in [5.74, 6) is -2.15. The lowest BCUT2D eigenvalue weighted by atomic mass is 9.90. The van der Waals surface area contributed by atoms with E-state index in [-0.39, 0.29) is 44.5 Å². The van der Waals surface area contributed by atoms with E-state index in [1.54, 1.807) is 6.26 Å². The van der Waals surface area contributed by atoms with Crippen molar-refractivity contribution in [2.45, 2.75) is 18.1 Å². The van der Waals surface area contributed by atoms with Crippen LogP contribution in [0.4, 0.5) is 18.0 Å². The van der Waals surface area contributed by atoms with Gasteiger partial charge in [0.25, 0.3) is 5.91 Å². The van der Waals surface area contributed by atoms with Crippen LogP contribution in [0.1, 0.15) is 12.0 Å². The number of benzene rings is 2.